The van der Waals surface area contributed by atoms with Crippen LogP contribution in [0.4, 0.5) is 5.69 Å². The number of benzene rings is 3. The van der Waals surface area contributed by atoms with Crippen LogP contribution in [0.25, 0.3) is 17.1 Å². The highest BCUT2D eigenvalue weighted by Crippen LogP contribution is 2.24. The molecule has 4 rings (SSSR count). The van der Waals surface area contributed by atoms with Gasteiger partial charge in [0.15, 0.2) is 5.82 Å². The van der Waals surface area contributed by atoms with Crippen molar-refractivity contribution in [2.45, 2.75) is 6.92 Å². The lowest BCUT2D eigenvalue weighted by Gasteiger charge is -2.06. The van der Waals surface area contributed by atoms with Gasteiger partial charge in [-0.05, 0) is 55.5 Å². The molecule has 150 valence electrons. The molecule has 0 unspecified atom stereocenters. The van der Waals surface area contributed by atoms with E-state index in [2.05, 4.69) is 15.4 Å². The number of amides is 1. The lowest BCUT2D eigenvalue weighted by molar-refractivity contribution is 0.101. The summed E-state index contributed by atoms with van der Waals surface area (Å²) in [6.45, 7) is 2.50. The first-order valence-corrected chi connectivity index (χ1v) is 9.84. The maximum atomic E-state index is 12.8. The highest BCUT2D eigenvalue weighted by Gasteiger charge is 2.19. The van der Waals surface area contributed by atoms with Crippen LogP contribution in [0, 0.1) is 0 Å². The molecule has 30 heavy (non-hydrogen) atoms. The fourth-order valence-corrected chi connectivity index (χ4v) is 3.15. The Hall–Kier alpha value is -3.64. The zero-order valence-corrected chi connectivity index (χ0v) is 17.0. The van der Waals surface area contributed by atoms with Crippen LogP contribution in [-0.4, -0.2) is 27.3 Å². The second kappa shape index (κ2) is 8.80. The summed E-state index contributed by atoms with van der Waals surface area (Å²) in [6.07, 6.45) is 0. The predicted octanol–water partition coefficient (Wildman–Crippen LogP) is 5.24. The van der Waals surface area contributed by atoms with Gasteiger partial charge in [-0.2, -0.15) is 0 Å². The number of nitrogens with one attached hydrogen (secondary N) is 1. The highest BCUT2D eigenvalue weighted by atomic mass is 35.5. The van der Waals surface area contributed by atoms with Crippen molar-refractivity contribution in [3.63, 3.8) is 0 Å². The van der Waals surface area contributed by atoms with Crippen LogP contribution < -0.4 is 10.1 Å². The number of ether oxygens (including phenoxy) is 1. The minimum Gasteiger partial charge on any atom is -0.494 e. The molecule has 0 saturated carbocycles. The number of hydrogen-bond donors (Lipinski definition) is 1. The quantitative estimate of drug-likeness (QED) is 0.465. The van der Waals surface area contributed by atoms with E-state index in [0.717, 1.165) is 17.0 Å². The van der Waals surface area contributed by atoms with Crippen molar-refractivity contribution >= 4 is 23.2 Å². The van der Waals surface area contributed by atoms with Gasteiger partial charge in [-0.25, -0.2) is 9.67 Å². The molecule has 1 aromatic heterocycles. The van der Waals surface area contributed by atoms with Crippen molar-refractivity contribution in [1.82, 2.24) is 14.8 Å². The molecule has 4 aromatic rings. The van der Waals surface area contributed by atoms with Crippen LogP contribution in [-0.2, 0) is 0 Å². The van der Waals surface area contributed by atoms with Gasteiger partial charge in [-0.15, -0.1) is 5.10 Å². The van der Waals surface area contributed by atoms with Gasteiger partial charge in [0.25, 0.3) is 5.91 Å². The molecular weight excluding hydrogens is 400 g/mol. The van der Waals surface area contributed by atoms with E-state index in [4.69, 9.17) is 16.3 Å². The Morgan fingerprint density at radius 1 is 1.03 bits per heavy atom. The molecule has 3 aromatic carbocycles. The van der Waals surface area contributed by atoms with Gasteiger partial charge in [-0.3, -0.25) is 4.79 Å². The molecule has 0 aliphatic rings. The summed E-state index contributed by atoms with van der Waals surface area (Å²) in [6, 6.07) is 23.9. The summed E-state index contributed by atoms with van der Waals surface area (Å²) >= 11 is 6.16. The summed E-state index contributed by atoms with van der Waals surface area (Å²) in [5, 5.41) is 7.86. The monoisotopic (exact) mass is 418 g/mol. The molecule has 7 heteroatoms. The van der Waals surface area contributed by atoms with Gasteiger partial charge in [0.1, 0.15) is 5.75 Å². The number of para-hydroxylation sites is 1. The summed E-state index contributed by atoms with van der Waals surface area (Å²) in [4.78, 5) is 17.3. The van der Waals surface area contributed by atoms with Crippen molar-refractivity contribution in [2.75, 3.05) is 11.9 Å². The Morgan fingerprint density at radius 3 is 2.50 bits per heavy atom. The predicted molar refractivity (Wildman–Crippen MR) is 117 cm³/mol. The van der Waals surface area contributed by atoms with Crippen LogP contribution >= 0.6 is 11.6 Å². The Bertz CT molecular complexity index is 1160. The number of anilines is 1. The second-order valence-corrected chi connectivity index (χ2v) is 6.86. The molecule has 1 N–H and O–H groups in total. The van der Waals surface area contributed by atoms with Gasteiger partial charge in [0.05, 0.1) is 12.3 Å². The minimum absolute atomic E-state index is 0.0581. The van der Waals surface area contributed by atoms with E-state index in [0.29, 0.717) is 23.1 Å². The third kappa shape index (κ3) is 4.34. The molecule has 0 fully saturated rings. The number of hydrogen-bond acceptors (Lipinski definition) is 4. The average Bonchev–Trinajstić information content (AvgIpc) is 3.22. The van der Waals surface area contributed by atoms with E-state index in [1.165, 1.54) is 0 Å². The Morgan fingerprint density at radius 2 is 1.80 bits per heavy atom. The third-order valence-electron chi connectivity index (χ3n) is 4.32. The highest BCUT2D eigenvalue weighted by molar-refractivity contribution is 6.30. The van der Waals surface area contributed by atoms with Gasteiger partial charge in [0.2, 0.25) is 5.82 Å². The van der Waals surface area contributed by atoms with Gasteiger partial charge in [0, 0.05) is 16.3 Å². The minimum atomic E-state index is -0.405. The molecule has 1 amide bonds. The number of nitrogens with zero attached hydrogens (tertiary/aromatic N) is 3. The van der Waals surface area contributed by atoms with E-state index in [1.54, 1.807) is 41.1 Å². The van der Waals surface area contributed by atoms with Crippen LogP contribution in [0.5, 0.6) is 5.75 Å². The van der Waals surface area contributed by atoms with Crippen molar-refractivity contribution in [3.8, 4) is 22.8 Å². The molecule has 0 aliphatic carbocycles. The molecule has 0 radical (unpaired) electrons. The van der Waals surface area contributed by atoms with E-state index < -0.39 is 5.91 Å². The van der Waals surface area contributed by atoms with Crippen molar-refractivity contribution in [1.29, 1.82) is 0 Å². The van der Waals surface area contributed by atoms with Crippen LogP contribution in [0.1, 0.15) is 17.5 Å². The summed E-state index contributed by atoms with van der Waals surface area (Å²) in [5.41, 5.74) is 2.18. The second-order valence-electron chi connectivity index (χ2n) is 6.43. The SMILES string of the molecule is CCOc1ccc(NC(=O)c2nc(-c3cccc(Cl)c3)n(-c3ccccc3)n2)cc1. The van der Waals surface area contributed by atoms with E-state index in [-0.39, 0.29) is 5.82 Å². The van der Waals surface area contributed by atoms with Crippen LogP contribution in [0.3, 0.4) is 0 Å². The standard InChI is InChI=1S/C23H19ClN4O2/c1-2-30-20-13-11-18(12-14-20)25-23(29)21-26-22(16-7-6-8-17(24)15-16)28(27-21)19-9-4-3-5-10-19/h3-15H,2H2,1H3,(H,25,29). The third-order valence-corrected chi connectivity index (χ3v) is 4.55. The number of halogens is 1. The number of aromatic nitrogens is 3. The van der Waals surface area contributed by atoms with Crippen molar-refractivity contribution in [3.05, 3.63) is 89.7 Å². The van der Waals surface area contributed by atoms with E-state index >= 15 is 0 Å². The molecule has 6 nitrogen and oxygen atoms in total. The fourth-order valence-electron chi connectivity index (χ4n) is 2.96. The first-order chi connectivity index (χ1) is 14.6. The lowest BCUT2D eigenvalue weighted by Crippen LogP contribution is -2.14. The maximum absolute atomic E-state index is 12.8. The Kier molecular flexibility index (Phi) is 5.77. The van der Waals surface area contributed by atoms with Crippen molar-refractivity contribution in [2.24, 2.45) is 0 Å². The number of rotatable bonds is 6. The normalized spacial score (nSPS) is 10.6. The van der Waals surface area contributed by atoms with E-state index in [1.807, 2.05) is 49.4 Å². The zero-order chi connectivity index (χ0) is 20.9. The van der Waals surface area contributed by atoms with Crippen LogP contribution in [0.15, 0.2) is 78.9 Å². The van der Waals surface area contributed by atoms with E-state index in [9.17, 15) is 4.79 Å². The fraction of sp³-hybridized carbons (Fsp3) is 0.0870. The van der Waals surface area contributed by atoms with Crippen LogP contribution in [0.2, 0.25) is 5.02 Å². The smallest absolute Gasteiger partial charge is 0.295 e. The molecule has 0 bridgehead atoms. The lowest BCUT2D eigenvalue weighted by atomic mass is 10.2. The summed E-state index contributed by atoms with van der Waals surface area (Å²) < 4.78 is 7.06. The summed E-state index contributed by atoms with van der Waals surface area (Å²) in [5.74, 6) is 0.922. The molecule has 0 aliphatic heterocycles. The zero-order valence-electron chi connectivity index (χ0n) is 16.2. The van der Waals surface area contributed by atoms with Crippen molar-refractivity contribution < 1.29 is 9.53 Å². The topological polar surface area (TPSA) is 69.0 Å². The van der Waals surface area contributed by atoms with Gasteiger partial charge in [-0.1, -0.05) is 41.9 Å². The number of carbonyl (C=O) groups is 1. The Balaban J connectivity index is 1.67. The molecule has 0 saturated heterocycles. The maximum Gasteiger partial charge on any atom is 0.295 e. The molecule has 0 atom stereocenters. The average molecular weight is 419 g/mol. The largest absolute Gasteiger partial charge is 0.494 e. The molecule has 0 spiro atoms. The first-order valence-electron chi connectivity index (χ1n) is 9.46. The summed E-state index contributed by atoms with van der Waals surface area (Å²) in [7, 11) is 0. The van der Waals surface area contributed by atoms with Gasteiger partial charge < -0.3 is 10.1 Å². The Labute approximate surface area is 179 Å². The molecule has 1 heterocycles. The first kappa shape index (κ1) is 19.7. The van der Waals surface area contributed by atoms with Gasteiger partial charge >= 0.3 is 0 Å². The number of carbonyl (C=O) groups excluding carboxylic acids is 1. The molecular formula is C23H19ClN4O2.